The number of ether oxygens (including phenoxy) is 1. The molecule has 0 saturated carbocycles. The Bertz CT molecular complexity index is 417. The maximum absolute atomic E-state index is 6.10. The zero-order valence-corrected chi connectivity index (χ0v) is 10.0. The monoisotopic (exact) mass is 243 g/mol. The summed E-state index contributed by atoms with van der Waals surface area (Å²) in [6, 6.07) is 5.51. The largest absolute Gasteiger partial charge is 0.486 e. The van der Waals surface area contributed by atoms with Crippen molar-refractivity contribution in [2.24, 2.45) is 4.99 Å². The van der Waals surface area contributed by atoms with Crippen LogP contribution >= 0.6 is 23.2 Å². The highest BCUT2D eigenvalue weighted by molar-refractivity contribution is 6.70. The van der Waals surface area contributed by atoms with Gasteiger partial charge in [0.25, 0.3) is 0 Å². The number of rotatable bonds is 0. The van der Waals surface area contributed by atoms with Crippen molar-refractivity contribution in [2.75, 3.05) is 0 Å². The molecule has 0 spiro atoms. The molecule has 0 amide bonds. The first-order valence-corrected chi connectivity index (χ1v) is 5.54. The fraction of sp³-hybridized carbons (Fsp3) is 0.364. The second-order valence-electron chi connectivity index (χ2n) is 3.60. The lowest BCUT2D eigenvalue weighted by Crippen LogP contribution is -2.23. The summed E-state index contributed by atoms with van der Waals surface area (Å²) in [5.74, 6) is 0.629. The van der Waals surface area contributed by atoms with Crippen molar-refractivity contribution in [3.8, 4) is 5.75 Å². The van der Waals surface area contributed by atoms with E-state index < -0.39 is 0 Å². The number of benzene rings is 1. The summed E-state index contributed by atoms with van der Waals surface area (Å²) in [5.41, 5.74) is 0.764. The molecule has 1 aromatic carbocycles. The van der Waals surface area contributed by atoms with Crippen molar-refractivity contribution in [3.63, 3.8) is 0 Å². The van der Waals surface area contributed by atoms with E-state index in [1.807, 2.05) is 26.0 Å². The molecule has 0 aliphatic carbocycles. The van der Waals surface area contributed by atoms with Crippen LogP contribution in [0.15, 0.2) is 23.2 Å². The van der Waals surface area contributed by atoms with E-state index in [9.17, 15) is 0 Å². The van der Waals surface area contributed by atoms with Crippen LogP contribution in [0.5, 0.6) is 5.75 Å². The molecule has 4 heteroatoms. The molecule has 0 unspecified atom stereocenters. The summed E-state index contributed by atoms with van der Waals surface area (Å²) in [6.07, 6.45) is -0.0279. The minimum Gasteiger partial charge on any atom is -0.486 e. The van der Waals surface area contributed by atoms with Crippen LogP contribution in [-0.2, 0) is 0 Å². The summed E-state index contributed by atoms with van der Waals surface area (Å²) < 4.78 is 5.74. The van der Waals surface area contributed by atoms with E-state index in [4.69, 9.17) is 27.9 Å². The van der Waals surface area contributed by atoms with Crippen molar-refractivity contribution < 1.29 is 4.74 Å². The molecule has 80 valence electrons. The van der Waals surface area contributed by atoms with E-state index in [-0.39, 0.29) is 12.1 Å². The second kappa shape index (κ2) is 4.03. The standard InChI is InChI=1S/C11H11Cl2NO/c1-6-7(2)15-10-8(11(13)14-6)4-3-5-9(10)12/h3-7H,1-2H3/t6-,7+/m1/s1. The van der Waals surface area contributed by atoms with Gasteiger partial charge in [-0.3, -0.25) is 4.99 Å². The Balaban J connectivity index is 2.57. The number of halogens is 2. The van der Waals surface area contributed by atoms with Gasteiger partial charge in [-0.25, -0.2) is 0 Å². The lowest BCUT2D eigenvalue weighted by atomic mass is 10.2. The Hall–Kier alpha value is -0.730. The predicted molar refractivity (Wildman–Crippen MR) is 63.4 cm³/mol. The van der Waals surface area contributed by atoms with Crippen LogP contribution in [0, 0.1) is 0 Å². The van der Waals surface area contributed by atoms with Crippen molar-refractivity contribution in [1.29, 1.82) is 0 Å². The number of para-hydroxylation sites is 1. The molecule has 0 saturated heterocycles. The minimum absolute atomic E-state index is 0.0279. The highest BCUT2D eigenvalue weighted by Crippen LogP contribution is 2.33. The SMILES string of the molecule is C[C@@H]1Oc2c(Cl)cccc2C(Cl)=N[C@@H]1C. The van der Waals surface area contributed by atoms with Gasteiger partial charge in [0.05, 0.1) is 16.6 Å². The van der Waals surface area contributed by atoms with E-state index >= 15 is 0 Å². The Morgan fingerprint density at radius 2 is 2.00 bits per heavy atom. The third-order valence-electron chi connectivity index (χ3n) is 2.49. The van der Waals surface area contributed by atoms with Gasteiger partial charge < -0.3 is 4.74 Å². The highest BCUT2D eigenvalue weighted by Gasteiger charge is 2.23. The van der Waals surface area contributed by atoms with E-state index in [1.54, 1.807) is 6.07 Å². The molecule has 0 radical (unpaired) electrons. The lowest BCUT2D eigenvalue weighted by molar-refractivity contribution is 0.200. The molecule has 0 bridgehead atoms. The quantitative estimate of drug-likeness (QED) is 0.684. The topological polar surface area (TPSA) is 21.6 Å². The van der Waals surface area contributed by atoms with Crippen molar-refractivity contribution in [2.45, 2.75) is 26.0 Å². The summed E-state index contributed by atoms with van der Waals surface area (Å²) >= 11 is 12.1. The van der Waals surface area contributed by atoms with Crippen LogP contribution in [-0.4, -0.2) is 17.3 Å². The number of aliphatic imine (C=N–C) groups is 1. The average molecular weight is 244 g/mol. The van der Waals surface area contributed by atoms with Crippen LogP contribution in [0.1, 0.15) is 19.4 Å². The predicted octanol–water partition coefficient (Wildman–Crippen LogP) is 3.49. The Morgan fingerprint density at radius 3 is 2.73 bits per heavy atom. The fourth-order valence-electron chi connectivity index (χ4n) is 1.43. The molecule has 1 heterocycles. The maximum Gasteiger partial charge on any atom is 0.148 e. The molecular formula is C11H11Cl2NO. The van der Waals surface area contributed by atoms with Gasteiger partial charge in [0.15, 0.2) is 0 Å². The van der Waals surface area contributed by atoms with Gasteiger partial charge in [-0.2, -0.15) is 0 Å². The van der Waals surface area contributed by atoms with Gasteiger partial charge in [-0.1, -0.05) is 29.3 Å². The molecule has 2 atom stereocenters. The molecule has 1 aliphatic heterocycles. The zero-order valence-electron chi connectivity index (χ0n) is 8.50. The number of hydrogen-bond acceptors (Lipinski definition) is 2. The molecule has 15 heavy (non-hydrogen) atoms. The van der Waals surface area contributed by atoms with Gasteiger partial charge in [-0.05, 0) is 26.0 Å². The summed E-state index contributed by atoms with van der Waals surface area (Å²) in [7, 11) is 0. The number of nitrogens with zero attached hydrogens (tertiary/aromatic N) is 1. The van der Waals surface area contributed by atoms with Gasteiger partial charge >= 0.3 is 0 Å². The molecule has 0 N–H and O–H groups in total. The van der Waals surface area contributed by atoms with Gasteiger partial charge in [0.1, 0.15) is 17.0 Å². The highest BCUT2D eigenvalue weighted by atomic mass is 35.5. The van der Waals surface area contributed by atoms with Gasteiger partial charge in [0.2, 0.25) is 0 Å². The van der Waals surface area contributed by atoms with Crippen LogP contribution in [0.4, 0.5) is 0 Å². The fourth-order valence-corrected chi connectivity index (χ4v) is 1.95. The van der Waals surface area contributed by atoms with Crippen molar-refractivity contribution in [1.82, 2.24) is 0 Å². The first-order chi connectivity index (χ1) is 7.09. The van der Waals surface area contributed by atoms with E-state index in [0.717, 1.165) is 5.56 Å². The Morgan fingerprint density at radius 1 is 1.27 bits per heavy atom. The zero-order chi connectivity index (χ0) is 11.0. The van der Waals surface area contributed by atoms with Crippen LogP contribution in [0.25, 0.3) is 0 Å². The van der Waals surface area contributed by atoms with E-state index in [2.05, 4.69) is 4.99 Å². The molecular weight excluding hydrogens is 233 g/mol. The summed E-state index contributed by atoms with van der Waals surface area (Å²) in [4.78, 5) is 4.34. The van der Waals surface area contributed by atoms with Gasteiger partial charge in [-0.15, -0.1) is 0 Å². The summed E-state index contributed by atoms with van der Waals surface area (Å²) in [6.45, 7) is 3.92. The Labute approximate surface area is 98.9 Å². The molecule has 1 aliphatic rings. The first kappa shape index (κ1) is 10.8. The van der Waals surface area contributed by atoms with Crippen LogP contribution in [0.3, 0.4) is 0 Å². The summed E-state index contributed by atoms with van der Waals surface area (Å²) in [5, 5.41) is 1.03. The number of hydrogen-bond donors (Lipinski definition) is 0. The van der Waals surface area contributed by atoms with E-state index in [1.165, 1.54) is 0 Å². The first-order valence-electron chi connectivity index (χ1n) is 4.78. The molecule has 1 aromatic rings. The maximum atomic E-state index is 6.10. The third-order valence-corrected chi connectivity index (χ3v) is 3.09. The van der Waals surface area contributed by atoms with Crippen LogP contribution in [0.2, 0.25) is 5.02 Å². The van der Waals surface area contributed by atoms with Crippen LogP contribution < -0.4 is 4.74 Å². The van der Waals surface area contributed by atoms with Crippen molar-refractivity contribution in [3.05, 3.63) is 28.8 Å². The third kappa shape index (κ3) is 1.97. The molecule has 2 rings (SSSR count). The smallest absolute Gasteiger partial charge is 0.148 e. The molecule has 0 fully saturated rings. The van der Waals surface area contributed by atoms with Crippen molar-refractivity contribution >= 4 is 28.4 Å². The minimum atomic E-state index is -0.0279. The second-order valence-corrected chi connectivity index (χ2v) is 4.37. The molecule has 0 aromatic heterocycles. The van der Waals surface area contributed by atoms with E-state index in [0.29, 0.717) is 15.9 Å². The Kier molecular flexibility index (Phi) is 2.89. The number of fused-ring (bicyclic) bond motifs is 1. The molecule has 2 nitrogen and oxygen atoms in total. The van der Waals surface area contributed by atoms with Gasteiger partial charge in [0, 0.05) is 0 Å². The normalized spacial score (nSPS) is 24.9. The average Bonchev–Trinajstić information content (AvgIpc) is 2.29. The lowest BCUT2D eigenvalue weighted by Gasteiger charge is -2.16.